The molecule has 2 rings (SSSR count). The Morgan fingerprint density at radius 2 is 2.19 bits per heavy atom. The minimum Gasteiger partial charge on any atom is -0.464 e. The first kappa shape index (κ1) is 15.2. The van der Waals surface area contributed by atoms with Gasteiger partial charge in [-0.3, -0.25) is 15.0 Å². The van der Waals surface area contributed by atoms with Crippen molar-refractivity contribution in [1.29, 1.82) is 0 Å². The number of carbonyl (C=O) groups excluding carboxylic acids is 1. The lowest BCUT2D eigenvalue weighted by molar-refractivity contribution is -0.384. The molecule has 21 heavy (non-hydrogen) atoms. The van der Waals surface area contributed by atoms with Crippen molar-refractivity contribution in [1.82, 2.24) is 0 Å². The summed E-state index contributed by atoms with van der Waals surface area (Å²) in [7, 11) is 0. The molecule has 1 aromatic carbocycles. The summed E-state index contributed by atoms with van der Waals surface area (Å²) in [6.07, 6.45) is -0.207. The number of hydroxylamine groups is 1. The average molecular weight is 296 g/mol. The first-order chi connectivity index (χ1) is 10.1. The molecule has 1 fully saturated rings. The van der Waals surface area contributed by atoms with Crippen molar-refractivity contribution in [2.45, 2.75) is 25.5 Å². The first-order valence-electron chi connectivity index (χ1n) is 6.54. The summed E-state index contributed by atoms with van der Waals surface area (Å²) in [4.78, 5) is 27.6. The normalized spacial score (nSPS) is 21.3. The number of non-ortho nitro benzene ring substituents is 1. The number of carbonyl (C=O) groups is 1. The predicted molar refractivity (Wildman–Crippen MR) is 72.6 cm³/mol. The van der Waals surface area contributed by atoms with E-state index in [-0.39, 0.29) is 18.9 Å². The van der Waals surface area contributed by atoms with Crippen LogP contribution in [0.25, 0.3) is 0 Å². The van der Waals surface area contributed by atoms with Crippen molar-refractivity contribution in [2.75, 3.05) is 18.3 Å². The van der Waals surface area contributed by atoms with Crippen LogP contribution in [0, 0.1) is 10.1 Å². The molecule has 8 nitrogen and oxygen atoms in total. The molecule has 114 valence electrons. The zero-order chi connectivity index (χ0) is 15.4. The van der Waals surface area contributed by atoms with E-state index in [2.05, 4.69) is 0 Å². The Hall–Kier alpha value is -2.19. The quantitative estimate of drug-likeness (QED) is 0.491. The maximum atomic E-state index is 11.9. The molecule has 0 amide bonds. The van der Waals surface area contributed by atoms with Crippen LogP contribution in [0.4, 0.5) is 11.4 Å². The lowest BCUT2D eigenvalue weighted by Crippen LogP contribution is -2.36. The molecule has 1 heterocycles. The molecule has 1 aliphatic heterocycles. The third-order valence-electron chi connectivity index (χ3n) is 3.11. The summed E-state index contributed by atoms with van der Waals surface area (Å²) in [5.74, 6) is -0.452. The van der Waals surface area contributed by atoms with Crippen molar-refractivity contribution >= 4 is 17.3 Å². The van der Waals surface area contributed by atoms with E-state index in [0.29, 0.717) is 12.1 Å². The average Bonchev–Trinajstić information content (AvgIpc) is 2.92. The van der Waals surface area contributed by atoms with Gasteiger partial charge in [-0.15, -0.1) is 0 Å². The van der Waals surface area contributed by atoms with E-state index < -0.39 is 23.0 Å². The Morgan fingerprint density at radius 3 is 2.71 bits per heavy atom. The molecule has 0 radical (unpaired) electrons. The van der Waals surface area contributed by atoms with Gasteiger partial charge in [0.15, 0.2) is 6.04 Å². The zero-order valence-electron chi connectivity index (χ0n) is 11.5. The van der Waals surface area contributed by atoms with Gasteiger partial charge in [-0.25, -0.2) is 9.86 Å². The fourth-order valence-corrected chi connectivity index (χ4v) is 2.12. The number of nitro groups is 1. The number of benzene rings is 1. The molecule has 0 saturated carbocycles. The lowest BCUT2D eigenvalue weighted by atomic mass is 10.1. The van der Waals surface area contributed by atoms with E-state index in [1.54, 1.807) is 6.92 Å². The molecular formula is C13H16N2O6. The standard InChI is InChI=1S/C13H16N2O6/c1-2-20-13(17)12-7-11(8-16)21-14(12)9-3-5-10(6-4-9)15(18)19/h3-6,11-12,16H,2,7-8H2,1H3/t11-,12-/m1/s1. The molecule has 1 aromatic rings. The first-order valence-corrected chi connectivity index (χ1v) is 6.54. The van der Waals surface area contributed by atoms with Crippen molar-refractivity contribution in [3.63, 3.8) is 0 Å². The molecule has 1 N–H and O–H groups in total. The van der Waals surface area contributed by atoms with Crippen molar-refractivity contribution in [3.05, 3.63) is 34.4 Å². The third-order valence-corrected chi connectivity index (χ3v) is 3.11. The van der Waals surface area contributed by atoms with Crippen LogP contribution in [-0.4, -0.2) is 41.4 Å². The van der Waals surface area contributed by atoms with Crippen LogP contribution < -0.4 is 5.06 Å². The highest BCUT2D eigenvalue weighted by Gasteiger charge is 2.39. The maximum absolute atomic E-state index is 11.9. The number of nitro benzene ring substituents is 1. The summed E-state index contributed by atoms with van der Waals surface area (Å²) in [6, 6.07) is 4.96. The SMILES string of the molecule is CCOC(=O)[C@H]1C[C@H](CO)ON1c1ccc([N+](=O)[O-])cc1. The summed E-state index contributed by atoms with van der Waals surface area (Å²) in [5.41, 5.74) is 0.443. The fourth-order valence-electron chi connectivity index (χ4n) is 2.12. The van der Waals surface area contributed by atoms with Gasteiger partial charge >= 0.3 is 5.97 Å². The highest BCUT2D eigenvalue weighted by Crippen LogP contribution is 2.30. The van der Waals surface area contributed by atoms with E-state index in [1.807, 2.05) is 0 Å². The van der Waals surface area contributed by atoms with Crippen LogP contribution in [0.2, 0.25) is 0 Å². The van der Waals surface area contributed by atoms with Gasteiger partial charge in [0.25, 0.3) is 5.69 Å². The Kier molecular flexibility index (Phi) is 4.71. The van der Waals surface area contributed by atoms with Crippen LogP contribution in [0.15, 0.2) is 24.3 Å². The highest BCUT2D eigenvalue weighted by atomic mass is 16.7. The topological polar surface area (TPSA) is 102 Å². The van der Waals surface area contributed by atoms with Gasteiger partial charge in [-0.05, 0) is 19.1 Å². The van der Waals surface area contributed by atoms with E-state index in [0.717, 1.165) is 0 Å². The molecule has 0 aromatic heterocycles. The number of hydrogen-bond acceptors (Lipinski definition) is 7. The van der Waals surface area contributed by atoms with Gasteiger partial charge in [0.1, 0.15) is 6.10 Å². The van der Waals surface area contributed by atoms with Crippen LogP contribution in [0.3, 0.4) is 0 Å². The van der Waals surface area contributed by atoms with E-state index >= 15 is 0 Å². The molecule has 0 spiro atoms. The van der Waals surface area contributed by atoms with E-state index in [1.165, 1.54) is 29.3 Å². The molecule has 8 heteroatoms. The molecule has 0 unspecified atom stereocenters. The fraction of sp³-hybridized carbons (Fsp3) is 0.462. The molecule has 1 aliphatic rings. The van der Waals surface area contributed by atoms with Gasteiger partial charge in [0.05, 0.1) is 23.8 Å². The number of aliphatic hydroxyl groups is 1. The Morgan fingerprint density at radius 1 is 1.52 bits per heavy atom. The number of esters is 1. The second kappa shape index (κ2) is 6.51. The molecule has 0 aliphatic carbocycles. The van der Waals surface area contributed by atoms with Crippen molar-refractivity contribution in [2.24, 2.45) is 0 Å². The van der Waals surface area contributed by atoms with E-state index in [9.17, 15) is 20.0 Å². The summed E-state index contributed by atoms with van der Waals surface area (Å²) in [5, 5.41) is 21.2. The highest BCUT2D eigenvalue weighted by molar-refractivity contribution is 5.80. The number of hydrogen-bond donors (Lipinski definition) is 1. The lowest BCUT2D eigenvalue weighted by Gasteiger charge is -2.23. The Bertz CT molecular complexity index is 518. The number of anilines is 1. The van der Waals surface area contributed by atoms with Gasteiger partial charge in [-0.1, -0.05) is 0 Å². The summed E-state index contributed by atoms with van der Waals surface area (Å²) < 4.78 is 4.98. The van der Waals surface area contributed by atoms with Gasteiger partial charge < -0.3 is 9.84 Å². The smallest absolute Gasteiger partial charge is 0.331 e. The zero-order valence-corrected chi connectivity index (χ0v) is 11.5. The molecule has 0 bridgehead atoms. The Balaban J connectivity index is 2.21. The van der Waals surface area contributed by atoms with E-state index in [4.69, 9.17) is 9.57 Å². The third kappa shape index (κ3) is 3.29. The van der Waals surface area contributed by atoms with Crippen molar-refractivity contribution in [3.8, 4) is 0 Å². The number of ether oxygens (including phenoxy) is 1. The second-order valence-electron chi connectivity index (χ2n) is 4.51. The largest absolute Gasteiger partial charge is 0.464 e. The second-order valence-corrected chi connectivity index (χ2v) is 4.51. The predicted octanol–water partition coefficient (Wildman–Crippen LogP) is 1.03. The number of nitrogens with zero attached hydrogens (tertiary/aromatic N) is 2. The molecular weight excluding hydrogens is 280 g/mol. The van der Waals surface area contributed by atoms with Gasteiger partial charge in [-0.2, -0.15) is 0 Å². The number of aliphatic hydroxyl groups excluding tert-OH is 1. The van der Waals surface area contributed by atoms with Crippen LogP contribution in [-0.2, 0) is 14.4 Å². The van der Waals surface area contributed by atoms with Gasteiger partial charge in [0, 0.05) is 18.6 Å². The van der Waals surface area contributed by atoms with Crippen LogP contribution in [0.1, 0.15) is 13.3 Å². The van der Waals surface area contributed by atoms with Gasteiger partial charge in [0.2, 0.25) is 0 Å². The maximum Gasteiger partial charge on any atom is 0.331 e. The van der Waals surface area contributed by atoms with Crippen LogP contribution >= 0.6 is 0 Å². The summed E-state index contributed by atoms with van der Waals surface area (Å²) >= 11 is 0. The Labute approximate surface area is 121 Å². The summed E-state index contributed by atoms with van der Waals surface area (Å²) in [6.45, 7) is 1.72. The monoisotopic (exact) mass is 296 g/mol. The molecule has 2 atom stereocenters. The minimum atomic E-state index is -0.677. The van der Waals surface area contributed by atoms with Crippen LogP contribution in [0.5, 0.6) is 0 Å². The minimum absolute atomic E-state index is 0.0515. The van der Waals surface area contributed by atoms with Crippen molar-refractivity contribution < 1.29 is 24.4 Å². The number of rotatable bonds is 5. The molecule has 1 saturated heterocycles.